The van der Waals surface area contributed by atoms with Crippen molar-refractivity contribution in [1.82, 2.24) is 29.6 Å². The third-order valence-corrected chi connectivity index (χ3v) is 12.8. The van der Waals surface area contributed by atoms with Gasteiger partial charge in [-0.25, -0.2) is 4.79 Å². The first kappa shape index (κ1) is 45.0. The molecule has 10 rings (SSSR count). The smallest absolute Gasteiger partial charge is 0.410 e. The zero-order valence-corrected chi connectivity index (χ0v) is 38.7. The summed E-state index contributed by atoms with van der Waals surface area (Å²) < 4.78 is 5.49. The van der Waals surface area contributed by atoms with Crippen molar-refractivity contribution in [2.75, 3.05) is 59.4 Å². The topological polar surface area (TPSA) is 105 Å². The van der Waals surface area contributed by atoms with Crippen LogP contribution in [0.5, 0.6) is 0 Å². The van der Waals surface area contributed by atoms with Gasteiger partial charge in [-0.05, 0) is 134 Å². The maximum Gasteiger partial charge on any atom is 0.410 e. The fraction of sp³-hybridized carbons (Fsp3) is 0.426. The van der Waals surface area contributed by atoms with Crippen molar-refractivity contribution < 1.29 is 9.53 Å². The molecule has 2 saturated heterocycles. The average Bonchev–Trinajstić information content (AvgIpc) is 4.24. The zero-order chi connectivity index (χ0) is 45.0. The highest BCUT2D eigenvalue weighted by atomic mass is 16.6. The minimum absolute atomic E-state index is 0.0107. The second-order valence-electron chi connectivity index (χ2n) is 18.9. The van der Waals surface area contributed by atoms with Gasteiger partial charge in [0.25, 0.3) is 11.1 Å². The first-order valence-corrected chi connectivity index (χ1v) is 23.6. The van der Waals surface area contributed by atoms with Gasteiger partial charge in [0.2, 0.25) is 0 Å². The standard InChI is InChI=1S/C28H33N3O3.C24H27N3O.C2H6/c1-28(2,3)34-27(33)31-15-13-30(14-16-31)18-19-7-9-21(10-8-19)25-17-24-22(20-11-12-20)5-4-6-23(24)26(32)29-25;1-26-11-13-27(14-12-26)16-17-5-7-19(8-6-17)23-15-22-20(18-9-10-18)3-2-4-21(22)24(28)25-23;1-2/h4-10,17,20H,11-16,18H2,1-3H3,(H,29,32);2-8,15,18H,9-14,16H2,1H3,(H,25,28);1-2H3. The van der Waals surface area contributed by atoms with E-state index in [-0.39, 0.29) is 17.2 Å². The second-order valence-corrected chi connectivity index (χ2v) is 18.9. The molecule has 10 heteroatoms. The lowest BCUT2D eigenvalue weighted by atomic mass is 9.99. The van der Waals surface area contributed by atoms with Gasteiger partial charge in [0, 0.05) is 87.6 Å². The quantitative estimate of drug-likeness (QED) is 0.157. The van der Waals surface area contributed by atoms with E-state index in [1.54, 1.807) is 4.90 Å². The molecule has 4 aromatic carbocycles. The van der Waals surface area contributed by atoms with E-state index in [2.05, 4.69) is 105 Å². The molecule has 336 valence electrons. The lowest BCUT2D eigenvalue weighted by Gasteiger charge is -2.35. The molecule has 6 aromatic rings. The van der Waals surface area contributed by atoms with Crippen LogP contribution < -0.4 is 11.1 Å². The van der Waals surface area contributed by atoms with E-state index in [0.717, 1.165) is 96.4 Å². The SMILES string of the molecule is CC.CC(C)(C)OC(=O)N1CCN(Cc2ccc(-c3cc4c(C5CC5)cccc4c(=O)[nH]3)cc2)CC1.CN1CCN(Cc2ccc(-c3cc4c(C5CC5)cccc4c(=O)[nH]3)cc2)CC1. The Hall–Kier alpha value is -5.55. The molecule has 0 bridgehead atoms. The number of nitrogens with one attached hydrogen (secondary N) is 2. The van der Waals surface area contributed by atoms with Crippen molar-refractivity contribution in [2.45, 2.75) is 90.8 Å². The van der Waals surface area contributed by atoms with Crippen LogP contribution in [0.25, 0.3) is 44.1 Å². The molecule has 4 fully saturated rings. The van der Waals surface area contributed by atoms with E-state index in [1.807, 2.05) is 58.9 Å². The molecule has 1 amide bonds. The zero-order valence-electron chi connectivity index (χ0n) is 38.7. The molecular formula is C54H66N6O4. The Morgan fingerprint density at radius 1 is 0.578 bits per heavy atom. The van der Waals surface area contributed by atoms with Crippen LogP contribution >= 0.6 is 0 Å². The summed E-state index contributed by atoms with van der Waals surface area (Å²) >= 11 is 0. The molecule has 0 atom stereocenters. The van der Waals surface area contributed by atoms with Crippen molar-refractivity contribution in [3.63, 3.8) is 0 Å². The molecule has 2 aliphatic carbocycles. The van der Waals surface area contributed by atoms with Gasteiger partial charge in [-0.1, -0.05) is 86.6 Å². The maximum absolute atomic E-state index is 12.7. The minimum Gasteiger partial charge on any atom is -0.444 e. The van der Waals surface area contributed by atoms with E-state index in [9.17, 15) is 14.4 Å². The van der Waals surface area contributed by atoms with Gasteiger partial charge < -0.3 is 24.5 Å². The number of pyridine rings is 2. The fourth-order valence-electron chi connectivity index (χ4n) is 8.95. The number of fused-ring (bicyclic) bond motifs is 2. The molecule has 2 N–H and O–H groups in total. The highest BCUT2D eigenvalue weighted by molar-refractivity contribution is 5.90. The average molecular weight is 863 g/mol. The Balaban J connectivity index is 0.000000171. The van der Waals surface area contributed by atoms with Gasteiger partial charge >= 0.3 is 6.09 Å². The number of hydrogen-bond donors (Lipinski definition) is 2. The predicted molar refractivity (Wildman–Crippen MR) is 261 cm³/mol. The van der Waals surface area contributed by atoms with Crippen LogP contribution in [0.3, 0.4) is 0 Å². The second kappa shape index (κ2) is 19.7. The van der Waals surface area contributed by atoms with E-state index in [0.29, 0.717) is 24.9 Å². The Bertz CT molecular complexity index is 2660. The van der Waals surface area contributed by atoms with E-state index in [1.165, 1.54) is 47.9 Å². The Labute approximate surface area is 378 Å². The van der Waals surface area contributed by atoms with Crippen LogP contribution in [-0.4, -0.2) is 101 Å². The van der Waals surface area contributed by atoms with E-state index >= 15 is 0 Å². The van der Waals surface area contributed by atoms with Crippen LogP contribution in [0.15, 0.2) is 107 Å². The molecule has 10 nitrogen and oxygen atoms in total. The molecule has 2 aromatic heterocycles. The van der Waals surface area contributed by atoms with Crippen molar-refractivity contribution in [1.29, 1.82) is 0 Å². The first-order chi connectivity index (χ1) is 30.9. The van der Waals surface area contributed by atoms with Crippen LogP contribution in [-0.2, 0) is 17.8 Å². The molecule has 64 heavy (non-hydrogen) atoms. The minimum atomic E-state index is -0.468. The Kier molecular flexibility index (Phi) is 13.8. The Morgan fingerprint density at radius 3 is 1.38 bits per heavy atom. The van der Waals surface area contributed by atoms with Gasteiger partial charge in [0.1, 0.15) is 5.60 Å². The molecule has 0 spiro atoms. The predicted octanol–water partition coefficient (Wildman–Crippen LogP) is 9.97. The van der Waals surface area contributed by atoms with E-state index < -0.39 is 5.60 Å². The Morgan fingerprint density at radius 2 is 0.984 bits per heavy atom. The molecule has 4 aliphatic rings. The van der Waals surface area contributed by atoms with Crippen LogP contribution in [0.1, 0.15) is 94.4 Å². The molecule has 2 saturated carbocycles. The number of aromatic amines is 2. The molecule has 0 unspecified atom stereocenters. The summed E-state index contributed by atoms with van der Waals surface area (Å²) in [5.74, 6) is 1.22. The number of amides is 1. The van der Waals surface area contributed by atoms with Crippen LogP contribution in [0.2, 0.25) is 0 Å². The number of carbonyl (C=O) groups is 1. The number of piperazine rings is 2. The fourth-order valence-corrected chi connectivity index (χ4v) is 8.95. The number of H-pyrrole nitrogens is 2. The number of nitrogens with zero attached hydrogens (tertiary/aromatic N) is 4. The summed E-state index contributed by atoms with van der Waals surface area (Å²) in [4.78, 5) is 52.9. The van der Waals surface area contributed by atoms with Gasteiger partial charge in [0.05, 0.1) is 0 Å². The van der Waals surface area contributed by atoms with Crippen molar-refractivity contribution >= 4 is 27.6 Å². The number of likely N-dealkylation sites (N-methyl/N-ethyl adjacent to an activating group) is 1. The number of aromatic nitrogens is 2. The maximum atomic E-state index is 12.7. The highest BCUT2D eigenvalue weighted by Gasteiger charge is 2.28. The number of carbonyl (C=O) groups excluding carboxylic acids is 1. The lowest BCUT2D eigenvalue weighted by molar-refractivity contribution is 0.0139. The third kappa shape index (κ3) is 11.0. The van der Waals surface area contributed by atoms with Crippen molar-refractivity contribution in [3.05, 3.63) is 140 Å². The van der Waals surface area contributed by atoms with E-state index in [4.69, 9.17) is 4.74 Å². The number of rotatable bonds is 8. The largest absolute Gasteiger partial charge is 0.444 e. The molecule has 0 radical (unpaired) electrons. The van der Waals surface area contributed by atoms with Gasteiger partial charge in [0.15, 0.2) is 0 Å². The van der Waals surface area contributed by atoms with Crippen molar-refractivity contribution in [2.24, 2.45) is 0 Å². The number of ether oxygens (including phenoxy) is 1. The summed E-state index contributed by atoms with van der Waals surface area (Å²) in [6.45, 7) is 19.0. The van der Waals surface area contributed by atoms with Crippen LogP contribution in [0.4, 0.5) is 4.79 Å². The summed E-state index contributed by atoms with van der Waals surface area (Å²) in [6.07, 6.45) is 4.67. The summed E-state index contributed by atoms with van der Waals surface area (Å²) in [5, 5.41) is 3.77. The normalized spacial score (nSPS) is 17.4. The van der Waals surface area contributed by atoms with Gasteiger partial charge in [-0.15, -0.1) is 0 Å². The van der Waals surface area contributed by atoms with Gasteiger partial charge in [-0.2, -0.15) is 0 Å². The van der Waals surface area contributed by atoms with Gasteiger partial charge in [-0.3, -0.25) is 19.4 Å². The highest BCUT2D eigenvalue weighted by Crippen LogP contribution is 2.44. The lowest BCUT2D eigenvalue weighted by Crippen LogP contribution is -2.49. The molecule has 4 heterocycles. The first-order valence-electron chi connectivity index (χ1n) is 23.6. The number of benzene rings is 4. The summed E-state index contributed by atoms with van der Waals surface area (Å²) in [7, 11) is 2.19. The monoisotopic (exact) mass is 863 g/mol. The summed E-state index contributed by atoms with van der Waals surface area (Å²) in [6, 6.07) is 33.6. The molecular weight excluding hydrogens is 797 g/mol. The summed E-state index contributed by atoms with van der Waals surface area (Å²) in [5.41, 5.74) is 8.56. The van der Waals surface area contributed by atoms with Crippen molar-refractivity contribution in [3.8, 4) is 22.5 Å². The molecule has 2 aliphatic heterocycles. The number of hydrogen-bond acceptors (Lipinski definition) is 7. The van der Waals surface area contributed by atoms with Crippen LogP contribution in [0, 0.1) is 0 Å². The third-order valence-electron chi connectivity index (χ3n) is 12.8.